The van der Waals surface area contributed by atoms with Crippen LogP contribution in [0.25, 0.3) is 0 Å². The largest absolute Gasteiger partial charge is 0.376 e. The maximum atomic E-state index is 10.6. The number of guanidine groups is 1. The zero-order chi connectivity index (χ0) is 19.5. The van der Waals surface area contributed by atoms with Gasteiger partial charge in [0, 0.05) is 20.1 Å². The Bertz CT molecular complexity index is 732. The molecule has 1 heterocycles. The van der Waals surface area contributed by atoms with Crippen molar-refractivity contribution >= 4 is 11.6 Å². The average Bonchev–Trinajstić information content (AvgIpc) is 3.14. The van der Waals surface area contributed by atoms with Crippen LogP contribution in [0.1, 0.15) is 12.5 Å². The Morgan fingerprint density at radius 1 is 1.37 bits per heavy atom. The van der Waals surface area contributed by atoms with Gasteiger partial charge in [-0.2, -0.15) is 5.10 Å². The standard InChI is InChI=1S/C18H26N6O3/c1-15(13-27-14-16-6-4-3-5-7-16)10-21-18(19-2)20-8-9-23-12-17(11-22-23)24(25)26/h3-7,11-12,15H,8-10,13-14H2,1-2H3,(H2,19,20,21). The molecule has 27 heavy (non-hydrogen) atoms. The lowest BCUT2D eigenvalue weighted by molar-refractivity contribution is -0.385. The lowest BCUT2D eigenvalue weighted by Gasteiger charge is -2.16. The summed E-state index contributed by atoms with van der Waals surface area (Å²) in [6.45, 7) is 5.14. The summed E-state index contributed by atoms with van der Waals surface area (Å²) in [6.07, 6.45) is 2.65. The van der Waals surface area contributed by atoms with E-state index in [1.807, 2.05) is 30.3 Å². The molecular weight excluding hydrogens is 348 g/mol. The fraction of sp³-hybridized carbons (Fsp3) is 0.444. The highest BCUT2D eigenvalue weighted by molar-refractivity contribution is 5.79. The van der Waals surface area contributed by atoms with Crippen molar-refractivity contribution < 1.29 is 9.66 Å². The Morgan fingerprint density at radius 3 is 2.81 bits per heavy atom. The van der Waals surface area contributed by atoms with Crippen LogP contribution in [-0.2, 0) is 17.9 Å². The van der Waals surface area contributed by atoms with Crippen LogP contribution in [0.5, 0.6) is 0 Å². The molecule has 9 nitrogen and oxygen atoms in total. The fourth-order valence-corrected chi connectivity index (χ4v) is 2.36. The molecule has 0 saturated heterocycles. The van der Waals surface area contributed by atoms with Crippen LogP contribution in [0, 0.1) is 16.0 Å². The summed E-state index contributed by atoms with van der Waals surface area (Å²) in [5.74, 6) is 0.993. The van der Waals surface area contributed by atoms with E-state index in [1.165, 1.54) is 17.1 Å². The Labute approximate surface area is 158 Å². The van der Waals surface area contributed by atoms with Crippen molar-refractivity contribution in [1.29, 1.82) is 0 Å². The Morgan fingerprint density at radius 2 is 2.15 bits per heavy atom. The topological polar surface area (TPSA) is 107 Å². The molecule has 0 bridgehead atoms. The quantitative estimate of drug-likeness (QED) is 0.284. The number of aromatic nitrogens is 2. The summed E-state index contributed by atoms with van der Waals surface area (Å²) in [7, 11) is 1.70. The van der Waals surface area contributed by atoms with Gasteiger partial charge < -0.3 is 15.4 Å². The minimum atomic E-state index is -0.460. The van der Waals surface area contributed by atoms with E-state index < -0.39 is 4.92 Å². The first-order valence-electron chi connectivity index (χ1n) is 8.81. The van der Waals surface area contributed by atoms with Gasteiger partial charge in [-0.3, -0.25) is 19.8 Å². The zero-order valence-corrected chi connectivity index (χ0v) is 15.7. The number of nitrogens with zero attached hydrogens (tertiary/aromatic N) is 4. The molecule has 0 amide bonds. The van der Waals surface area contributed by atoms with Gasteiger partial charge in [0.2, 0.25) is 0 Å². The average molecular weight is 374 g/mol. The molecular formula is C18H26N6O3. The van der Waals surface area contributed by atoms with Crippen LogP contribution in [-0.4, -0.2) is 47.4 Å². The molecule has 0 fully saturated rings. The van der Waals surface area contributed by atoms with Crippen molar-refractivity contribution in [2.45, 2.75) is 20.1 Å². The third-order valence-electron chi connectivity index (χ3n) is 3.82. The molecule has 2 aromatic rings. The minimum absolute atomic E-state index is 0.0122. The fourth-order valence-electron chi connectivity index (χ4n) is 2.36. The molecule has 0 radical (unpaired) electrons. The second-order valence-corrected chi connectivity index (χ2v) is 6.20. The van der Waals surface area contributed by atoms with Gasteiger partial charge in [0.1, 0.15) is 12.4 Å². The van der Waals surface area contributed by atoms with Gasteiger partial charge in [0.05, 0.1) is 24.7 Å². The summed E-state index contributed by atoms with van der Waals surface area (Å²) < 4.78 is 7.27. The van der Waals surface area contributed by atoms with Crippen LogP contribution in [0.4, 0.5) is 5.69 Å². The van der Waals surface area contributed by atoms with Gasteiger partial charge >= 0.3 is 5.69 Å². The van der Waals surface area contributed by atoms with Gasteiger partial charge in [0.25, 0.3) is 0 Å². The minimum Gasteiger partial charge on any atom is -0.376 e. The van der Waals surface area contributed by atoms with Crippen molar-refractivity contribution in [2.24, 2.45) is 10.9 Å². The van der Waals surface area contributed by atoms with Crippen LogP contribution in [0.2, 0.25) is 0 Å². The normalized spacial score (nSPS) is 12.6. The van der Waals surface area contributed by atoms with Gasteiger partial charge in [0.15, 0.2) is 5.96 Å². The molecule has 0 aliphatic heterocycles. The number of hydrogen-bond acceptors (Lipinski definition) is 5. The predicted molar refractivity (Wildman–Crippen MR) is 104 cm³/mol. The van der Waals surface area contributed by atoms with Gasteiger partial charge in [-0.25, -0.2) is 0 Å². The molecule has 9 heteroatoms. The van der Waals surface area contributed by atoms with Gasteiger partial charge in [-0.1, -0.05) is 37.3 Å². The van der Waals surface area contributed by atoms with E-state index in [-0.39, 0.29) is 5.69 Å². The number of aliphatic imine (C=N–C) groups is 1. The van der Waals surface area contributed by atoms with E-state index in [0.29, 0.717) is 38.2 Å². The number of ether oxygens (including phenoxy) is 1. The summed E-state index contributed by atoms with van der Waals surface area (Å²) in [4.78, 5) is 14.4. The second kappa shape index (κ2) is 10.9. The highest BCUT2D eigenvalue weighted by Gasteiger charge is 2.09. The maximum absolute atomic E-state index is 10.6. The zero-order valence-electron chi connectivity index (χ0n) is 15.7. The van der Waals surface area contributed by atoms with Crippen molar-refractivity contribution in [3.05, 3.63) is 58.4 Å². The number of rotatable bonds is 10. The number of nitro groups is 1. The molecule has 2 N–H and O–H groups in total. The molecule has 0 aliphatic carbocycles. The first kappa shape index (κ1) is 20.4. The summed E-state index contributed by atoms with van der Waals surface area (Å²) in [5, 5.41) is 21.0. The third kappa shape index (κ3) is 7.45. The van der Waals surface area contributed by atoms with E-state index in [1.54, 1.807) is 7.05 Å². The van der Waals surface area contributed by atoms with E-state index in [4.69, 9.17) is 4.74 Å². The first-order chi connectivity index (χ1) is 13.1. The van der Waals surface area contributed by atoms with Gasteiger partial charge in [-0.15, -0.1) is 0 Å². The molecule has 1 unspecified atom stereocenters. The lowest BCUT2D eigenvalue weighted by atomic mass is 10.2. The number of benzene rings is 1. The van der Waals surface area contributed by atoms with Crippen molar-refractivity contribution in [1.82, 2.24) is 20.4 Å². The monoisotopic (exact) mass is 374 g/mol. The second-order valence-electron chi connectivity index (χ2n) is 6.20. The van der Waals surface area contributed by atoms with Crippen LogP contribution >= 0.6 is 0 Å². The molecule has 146 valence electrons. The third-order valence-corrected chi connectivity index (χ3v) is 3.82. The summed E-state index contributed by atoms with van der Waals surface area (Å²) >= 11 is 0. The Hall–Kier alpha value is -2.94. The number of nitrogens with one attached hydrogen (secondary N) is 2. The Balaban J connectivity index is 1.61. The van der Waals surface area contributed by atoms with E-state index >= 15 is 0 Å². The molecule has 0 saturated carbocycles. The Kier molecular flexibility index (Phi) is 8.24. The van der Waals surface area contributed by atoms with E-state index in [2.05, 4.69) is 27.6 Å². The van der Waals surface area contributed by atoms with Crippen molar-refractivity contribution in [3.8, 4) is 0 Å². The van der Waals surface area contributed by atoms with Gasteiger partial charge in [-0.05, 0) is 11.5 Å². The smallest absolute Gasteiger partial charge is 0.306 e. The van der Waals surface area contributed by atoms with Crippen LogP contribution in [0.3, 0.4) is 0 Å². The maximum Gasteiger partial charge on any atom is 0.306 e. The molecule has 1 aromatic carbocycles. The molecule has 0 spiro atoms. The van der Waals surface area contributed by atoms with Crippen molar-refractivity contribution in [3.63, 3.8) is 0 Å². The summed E-state index contributed by atoms with van der Waals surface area (Å²) in [5.41, 5.74) is 1.15. The highest BCUT2D eigenvalue weighted by atomic mass is 16.6. The van der Waals surface area contributed by atoms with Crippen LogP contribution in [0.15, 0.2) is 47.7 Å². The van der Waals surface area contributed by atoms with E-state index in [9.17, 15) is 10.1 Å². The summed E-state index contributed by atoms with van der Waals surface area (Å²) in [6, 6.07) is 10.1. The number of hydrogen-bond donors (Lipinski definition) is 2. The van der Waals surface area contributed by atoms with E-state index in [0.717, 1.165) is 12.1 Å². The molecule has 2 rings (SSSR count). The molecule has 0 aliphatic rings. The first-order valence-corrected chi connectivity index (χ1v) is 8.81. The predicted octanol–water partition coefficient (Wildman–Crippen LogP) is 1.81. The molecule has 1 aromatic heterocycles. The van der Waals surface area contributed by atoms with Crippen molar-refractivity contribution in [2.75, 3.05) is 26.7 Å². The lowest BCUT2D eigenvalue weighted by Crippen LogP contribution is -2.41. The molecule has 1 atom stereocenters. The highest BCUT2D eigenvalue weighted by Crippen LogP contribution is 2.07. The van der Waals surface area contributed by atoms with Crippen LogP contribution < -0.4 is 10.6 Å². The SMILES string of the molecule is CN=C(NCCn1cc([N+](=O)[O-])cn1)NCC(C)COCc1ccccc1.